The van der Waals surface area contributed by atoms with Crippen LogP contribution in [0.4, 0.5) is 10.7 Å². The molecular weight excluding hydrogens is 380 g/mol. The highest BCUT2D eigenvalue weighted by Gasteiger charge is 2.27. The van der Waals surface area contributed by atoms with E-state index in [1.54, 1.807) is 17.3 Å². The molecule has 0 unspecified atom stereocenters. The van der Waals surface area contributed by atoms with Gasteiger partial charge in [-0.15, -0.1) is 0 Å². The van der Waals surface area contributed by atoms with Gasteiger partial charge in [-0.05, 0) is 33.6 Å². The van der Waals surface area contributed by atoms with E-state index in [9.17, 15) is 4.79 Å². The number of anilines is 1. The molecular formula is C22H26N6O2. The van der Waals surface area contributed by atoms with Crippen LogP contribution in [0.2, 0.25) is 0 Å². The van der Waals surface area contributed by atoms with Gasteiger partial charge in [0.2, 0.25) is 5.95 Å². The van der Waals surface area contributed by atoms with Gasteiger partial charge in [0.25, 0.3) is 0 Å². The number of ether oxygens (including phenoxy) is 1. The summed E-state index contributed by atoms with van der Waals surface area (Å²) in [6.45, 7) is 6.90. The van der Waals surface area contributed by atoms with Gasteiger partial charge in [0.1, 0.15) is 16.8 Å². The lowest BCUT2D eigenvalue weighted by Gasteiger charge is -2.33. The highest BCUT2D eigenvalue weighted by atomic mass is 16.6. The molecule has 3 aromatic rings. The van der Waals surface area contributed by atoms with Crippen LogP contribution in [0.5, 0.6) is 0 Å². The molecule has 1 saturated heterocycles. The van der Waals surface area contributed by atoms with E-state index >= 15 is 0 Å². The SMILES string of the molecule is CC(C)(C)OC(=O)N1CCC(Nc2nc(-c3ccccc3)c3nccnc3n2)CC1. The number of hydrogen-bond donors (Lipinski definition) is 1. The molecule has 2 aromatic heterocycles. The number of piperidine rings is 1. The Hall–Kier alpha value is -3.29. The molecule has 0 radical (unpaired) electrons. The Balaban J connectivity index is 1.50. The van der Waals surface area contributed by atoms with Crippen LogP contribution in [0.1, 0.15) is 33.6 Å². The summed E-state index contributed by atoms with van der Waals surface area (Å²) in [5.74, 6) is 0.526. The van der Waals surface area contributed by atoms with Crippen LogP contribution in [0, 0.1) is 0 Å². The summed E-state index contributed by atoms with van der Waals surface area (Å²) in [6, 6.07) is 10.1. The summed E-state index contributed by atoms with van der Waals surface area (Å²) in [7, 11) is 0. The van der Waals surface area contributed by atoms with Gasteiger partial charge in [0.15, 0.2) is 5.65 Å². The van der Waals surface area contributed by atoms with Crippen LogP contribution in [-0.4, -0.2) is 55.7 Å². The first-order valence-corrected chi connectivity index (χ1v) is 10.2. The van der Waals surface area contributed by atoms with Crippen LogP contribution in [0.25, 0.3) is 22.4 Å². The minimum Gasteiger partial charge on any atom is -0.444 e. The number of aromatic nitrogens is 4. The van der Waals surface area contributed by atoms with Gasteiger partial charge in [-0.3, -0.25) is 0 Å². The number of carbonyl (C=O) groups excluding carboxylic acids is 1. The maximum atomic E-state index is 12.3. The average molecular weight is 406 g/mol. The number of benzene rings is 1. The van der Waals surface area contributed by atoms with Crippen LogP contribution in [0.3, 0.4) is 0 Å². The smallest absolute Gasteiger partial charge is 0.410 e. The van der Waals surface area contributed by atoms with Crippen LogP contribution in [-0.2, 0) is 4.74 Å². The molecule has 0 saturated carbocycles. The second-order valence-corrected chi connectivity index (χ2v) is 8.38. The Kier molecular flexibility index (Phi) is 5.48. The Labute approximate surface area is 175 Å². The fourth-order valence-electron chi connectivity index (χ4n) is 3.44. The Bertz CT molecular complexity index is 1030. The van der Waals surface area contributed by atoms with E-state index in [-0.39, 0.29) is 12.1 Å². The van der Waals surface area contributed by atoms with Gasteiger partial charge in [0, 0.05) is 37.1 Å². The minimum absolute atomic E-state index is 0.168. The summed E-state index contributed by atoms with van der Waals surface area (Å²) in [5, 5.41) is 3.42. The fraction of sp³-hybridized carbons (Fsp3) is 0.409. The first kappa shape index (κ1) is 20.0. The average Bonchev–Trinajstić information content (AvgIpc) is 2.73. The maximum absolute atomic E-state index is 12.3. The van der Waals surface area contributed by atoms with Crippen molar-refractivity contribution in [2.75, 3.05) is 18.4 Å². The highest BCUT2D eigenvalue weighted by Crippen LogP contribution is 2.25. The van der Waals surface area contributed by atoms with Gasteiger partial charge in [0.05, 0.1) is 0 Å². The van der Waals surface area contributed by atoms with Gasteiger partial charge in [-0.25, -0.2) is 19.7 Å². The van der Waals surface area contributed by atoms with Crippen molar-refractivity contribution in [2.45, 2.75) is 45.3 Å². The number of hydrogen-bond acceptors (Lipinski definition) is 7. The lowest BCUT2D eigenvalue weighted by atomic mass is 10.1. The molecule has 8 heteroatoms. The largest absolute Gasteiger partial charge is 0.444 e. The minimum atomic E-state index is -0.486. The number of carbonyl (C=O) groups is 1. The first-order chi connectivity index (χ1) is 14.4. The van der Waals surface area contributed by atoms with E-state index in [0.29, 0.717) is 30.2 Å². The van der Waals surface area contributed by atoms with Crippen LogP contribution in [0.15, 0.2) is 42.7 Å². The van der Waals surface area contributed by atoms with E-state index in [0.717, 1.165) is 24.1 Å². The Morgan fingerprint density at radius 1 is 1.07 bits per heavy atom. The summed E-state index contributed by atoms with van der Waals surface area (Å²) >= 11 is 0. The summed E-state index contributed by atoms with van der Waals surface area (Å²) < 4.78 is 5.47. The van der Waals surface area contributed by atoms with Gasteiger partial charge in [-0.1, -0.05) is 30.3 Å². The lowest BCUT2D eigenvalue weighted by Crippen LogP contribution is -2.44. The maximum Gasteiger partial charge on any atom is 0.410 e. The summed E-state index contributed by atoms with van der Waals surface area (Å²) in [4.78, 5) is 32.1. The third-order valence-electron chi connectivity index (χ3n) is 4.86. The zero-order valence-corrected chi connectivity index (χ0v) is 17.5. The number of fused-ring (bicyclic) bond motifs is 1. The van der Waals surface area contributed by atoms with E-state index in [2.05, 4.69) is 20.3 Å². The van der Waals surface area contributed by atoms with Crippen LogP contribution < -0.4 is 5.32 Å². The topological polar surface area (TPSA) is 93.1 Å². The van der Waals surface area contributed by atoms with E-state index in [4.69, 9.17) is 9.72 Å². The first-order valence-electron chi connectivity index (χ1n) is 10.2. The number of nitrogens with zero attached hydrogens (tertiary/aromatic N) is 5. The van der Waals surface area contributed by atoms with E-state index in [1.165, 1.54) is 0 Å². The van der Waals surface area contributed by atoms with Crippen LogP contribution >= 0.6 is 0 Å². The molecule has 0 bridgehead atoms. The second-order valence-electron chi connectivity index (χ2n) is 8.38. The molecule has 30 heavy (non-hydrogen) atoms. The molecule has 1 aromatic carbocycles. The quantitative estimate of drug-likeness (QED) is 0.705. The number of amides is 1. The molecule has 3 heterocycles. The van der Waals surface area contributed by atoms with Crippen molar-refractivity contribution in [1.29, 1.82) is 0 Å². The van der Waals surface area contributed by atoms with Crippen molar-refractivity contribution >= 4 is 23.2 Å². The van der Waals surface area contributed by atoms with E-state index in [1.807, 2.05) is 51.1 Å². The molecule has 156 valence electrons. The predicted molar refractivity (Wildman–Crippen MR) is 115 cm³/mol. The molecule has 1 aliphatic heterocycles. The van der Waals surface area contributed by atoms with Crippen molar-refractivity contribution in [3.8, 4) is 11.3 Å². The monoisotopic (exact) mass is 406 g/mol. The normalized spacial score (nSPS) is 15.2. The predicted octanol–water partition coefficient (Wildman–Crippen LogP) is 3.90. The van der Waals surface area contributed by atoms with Crippen molar-refractivity contribution < 1.29 is 9.53 Å². The molecule has 0 spiro atoms. The molecule has 4 rings (SSSR count). The molecule has 0 aliphatic carbocycles. The summed E-state index contributed by atoms with van der Waals surface area (Å²) in [6.07, 6.45) is 4.61. The van der Waals surface area contributed by atoms with E-state index < -0.39 is 5.60 Å². The molecule has 1 aliphatic rings. The third kappa shape index (κ3) is 4.64. The third-order valence-corrected chi connectivity index (χ3v) is 4.86. The molecule has 1 amide bonds. The molecule has 1 fully saturated rings. The Morgan fingerprint density at radius 3 is 2.47 bits per heavy atom. The lowest BCUT2D eigenvalue weighted by molar-refractivity contribution is 0.0210. The fourth-order valence-corrected chi connectivity index (χ4v) is 3.44. The molecule has 0 atom stereocenters. The highest BCUT2D eigenvalue weighted by molar-refractivity contribution is 5.87. The molecule has 1 N–H and O–H groups in total. The van der Waals surface area contributed by atoms with Crippen molar-refractivity contribution in [3.05, 3.63) is 42.7 Å². The molecule has 8 nitrogen and oxygen atoms in total. The number of nitrogens with one attached hydrogen (secondary N) is 1. The van der Waals surface area contributed by atoms with Crippen molar-refractivity contribution in [2.24, 2.45) is 0 Å². The zero-order chi connectivity index (χ0) is 21.1. The van der Waals surface area contributed by atoms with Crippen molar-refractivity contribution in [1.82, 2.24) is 24.8 Å². The van der Waals surface area contributed by atoms with Crippen molar-refractivity contribution in [3.63, 3.8) is 0 Å². The summed E-state index contributed by atoms with van der Waals surface area (Å²) in [5.41, 5.74) is 2.46. The zero-order valence-electron chi connectivity index (χ0n) is 17.5. The van der Waals surface area contributed by atoms with Gasteiger partial charge in [-0.2, -0.15) is 4.98 Å². The Morgan fingerprint density at radius 2 is 1.77 bits per heavy atom. The standard InChI is InChI=1S/C22H26N6O2/c1-22(2,3)30-21(29)28-13-9-16(10-14-28)25-20-26-17(15-7-5-4-6-8-15)18-19(27-20)24-12-11-23-18/h4-8,11-12,16H,9-10,13-14H2,1-3H3,(H,24,25,26,27). The number of rotatable bonds is 3. The van der Waals surface area contributed by atoms with Gasteiger partial charge >= 0.3 is 6.09 Å². The van der Waals surface area contributed by atoms with Gasteiger partial charge < -0.3 is 15.0 Å². The second kappa shape index (κ2) is 8.22. The number of likely N-dealkylation sites (tertiary alicyclic amines) is 1.